The Balaban J connectivity index is 1.81. The number of halogens is 1. The van der Waals surface area contributed by atoms with Crippen LogP contribution in [0.3, 0.4) is 0 Å². The maximum atomic E-state index is 14.2. The van der Waals surface area contributed by atoms with Gasteiger partial charge in [0, 0.05) is 25.0 Å². The minimum Gasteiger partial charge on any atom is -0.304 e. The van der Waals surface area contributed by atoms with E-state index in [4.69, 9.17) is 0 Å². The highest BCUT2D eigenvalue weighted by molar-refractivity contribution is 8.15. The number of hydrogen-bond donors (Lipinski definition) is 1. The number of benzene rings is 2. The van der Waals surface area contributed by atoms with E-state index in [0.717, 1.165) is 16.8 Å². The third-order valence-electron chi connectivity index (χ3n) is 4.70. The standard InChI is InChI=1S/C20H17FN4O3S/c1-12(26)22-19-23-25(13(2)27)20(29-19)15-8-4-6-10-17(15)24(18(20)28)11-14-7-3-5-9-16(14)21/h3-10H,11H2,1-2H3,(H,22,23,26). The SMILES string of the molecule is CC(=O)NC1=NN(C(C)=O)C2(S1)C(=O)N(Cc1ccccc1F)c1ccccc12. The van der Waals surface area contributed by atoms with Crippen LogP contribution < -0.4 is 10.2 Å². The quantitative estimate of drug-likeness (QED) is 0.822. The molecule has 4 rings (SSSR count). The summed E-state index contributed by atoms with van der Waals surface area (Å²) < 4.78 is 14.2. The van der Waals surface area contributed by atoms with Crippen molar-refractivity contribution in [2.24, 2.45) is 5.10 Å². The molecule has 1 atom stereocenters. The molecule has 1 unspecified atom stereocenters. The van der Waals surface area contributed by atoms with E-state index >= 15 is 0 Å². The van der Waals surface area contributed by atoms with Gasteiger partial charge in [0.05, 0.1) is 12.2 Å². The number of rotatable bonds is 2. The second-order valence-electron chi connectivity index (χ2n) is 6.66. The molecule has 2 aliphatic rings. The Labute approximate surface area is 170 Å². The summed E-state index contributed by atoms with van der Waals surface area (Å²) in [5, 5.41) is 7.98. The van der Waals surface area contributed by atoms with Gasteiger partial charge in [0.25, 0.3) is 5.91 Å². The summed E-state index contributed by atoms with van der Waals surface area (Å²) in [5.74, 6) is -1.66. The Kier molecular flexibility index (Phi) is 4.62. The van der Waals surface area contributed by atoms with E-state index in [-0.39, 0.29) is 17.6 Å². The number of thioether (sulfide) groups is 1. The number of hydrazone groups is 1. The van der Waals surface area contributed by atoms with Crippen molar-refractivity contribution >= 4 is 40.3 Å². The largest absolute Gasteiger partial charge is 0.304 e. The number of fused-ring (bicyclic) bond motifs is 2. The zero-order chi connectivity index (χ0) is 20.8. The predicted molar refractivity (Wildman–Crippen MR) is 107 cm³/mol. The summed E-state index contributed by atoms with van der Waals surface area (Å²) in [4.78, 5) is 37.5. The van der Waals surface area contributed by atoms with Gasteiger partial charge in [-0.3, -0.25) is 14.4 Å². The van der Waals surface area contributed by atoms with E-state index in [9.17, 15) is 18.8 Å². The lowest BCUT2D eigenvalue weighted by Crippen LogP contribution is -2.48. The third-order valence-corrected chi connectivity index (χ3v) is 5.94. The summed E-state index contributed by atoms with van der Waals surface area (Å²) in [6, 6.07) is 13.2. The summed E-state index contributed by atoms with van der Waals surface area (Å²) in [6.07, 6.45) is 0. The van der Waals surface area contributed by atoms with Gasteiger partial charge in [-0.25, -0.2) is 4.39 Å². The van der Waals surface area contributed by atoms with Gasteiger partial charge < -0.3 is 10.2 Å². The molecule has 7 nitrogen and oxygen atoms in total. The maximum Gasteiger partial charge on any atom is 0.271 e. The number of amidine groups is 1. The van der Waals surface area contributed by atoms with Crippen molar-refractivity contribution in [1.29, 1.82) is 0 Å². The van der Waals surface area contributed by atoms with Crippen LogP contribution in [0.15, 0.2) is 53.6 Å². The highest BCUT2D eigenvalue weighted by Crippen LogP contribution is 2.54. The molecule has 1 spiro atoms. The Morgan fingerprint density at radius 1 is 1.14 bits per heavy atom. The lowest BCUT2D eigenvalue weighted by atomic mass is 10.1. The van der Waals surface area contributed by atoms with Gasteiger partial charge in [0.2, 0.25) is 16.7 Å². The maximum absolute atomic E-state index is 14.2. The van der Waals surface area contributed by atoms with Crippen LogP contribution >= 0.6 is 11.8 Å². The second kappa shape index (κ2) is 7.00. The zero-order valence-corrected chi connectivity index (χ0v) is 16.5. The van der Waals surface area contributed by atoms with Crippen molar-refractivity contribution in [3.63, 3.8) is 0 Å². The van der Waals surface area contributed by atoms with E-state index in [1.807, 2.05) is 0 Å². The number of carbonyl (C=O) groups excluding carboxylic acids is 3. The van der Waals surface area contributed by atoms with Gasteiger partial charge in [-0.15, -0.1) is 5.10 Å². The average molecular weight is 412 g/mol. The first-order valence-electron chi connectivity index (χ1n) is 8.85. The normalized spacial score (nSPS) is 20.1. The van der Waals surface area contributed by atoms with Gasteiger partial charge in [-0.05, 0) is 23.9 Å². The molecule has 3 amide bonds. The molecule has 9 heteroatoms. The number of nitrogens with zero attached hydrogens (tertiary/aromatic N) is 3. The first-order valence-corrected chi connectivity index (χ1v) is 9.67. The fourth-order valence-electron chi connectivity index (χ4n) is 3.52. The van der Waals surface area contributed by atoms with E-state index in [2.05, 4.69) is 10.4 Å². The van der Waals surface area contributed by atoms with E-state index in [1.165, 1.54) is 24.8 Å². The Bertz CT molecular complexity index is 1070. The monoisotopic (exact) mass is 412 g/mol. The first-order chi connectivity index (χ1) is 13.8. The van der Waals surface area contributed by atoms with Crippen LogP contribution in [-0.4, -0.2) is 27.9 Å². The van der Waals surface area contributed by atoms with Crippen molar-refractivity contribution < 1.29 is 18.8 Å². The van der Waals surface area contributed by atoms with Crippen LogP contribution in [0.5, 0.6) is 0 Å². The highest BCUT2D eigenvalue weighted by atomic mass is 32.2. The minimum atomic E-state index is -1.48. The van der Waals surface area contributed by atoms with Crippen molar-refractivity contribution in [3.05, 3.63) is 65.5 Å². The van der Waals surface area contributed by atoms with E-state index in [1.54, 1.807) is 42.5 Å². The molecule has 0 bridgehead atoms. The molecule has 2 aliphatic heterocycles. The van der Waals surface area contributed by atoms with Crippen LogP contribution in [0.4, 0.5) is 10.1 Å². The highest BCUT2D eigenvalue weighted by Gasteiger charge is 2.61. The first kappa shape index (κ1) is 19.1. The molecular weight excluding hydrogens is 395 g/mol. The average Bonchev–Trinajstić information content (AvgIpc) is 3.16. The topological polar surface area (TPSA) is 82.1 Å². The summed E-state index contributed by atoms with van der Waals surface area (Å²) in [6.45, 7) is 2.63. The Hall–Kier alpha value is -3.20. The lowest BCUT2D eigenvalue weighted by molar-refractivity contribution is -0.139. The van der Waals surface area contributed by atoms with Gasteiger partial charge in [0.1, 0.15) is 5.82 Å². The van der Waals surface area contributed by atoms with E-state index < -0.39 is 22.5 Å². The number of hydrogen-bond acceptors (Lipinski definition) is 5. The van der Waals surface area contributed by atoms with Crippen molar-refractivity contribution in [1.82, 2.24) is 10.3 Å². The number of amides is 3. The fourth-order valence-corrected chi connectivity index (χ4v) is 4.85. The number of anilines is 1. The summed E-state index contributed by atoms with van der Waals surface area (Å²) >= 11 is 0.993. The molecule has 0 aliphatic carbocycles. The third kappa shape index (κ3) is 2.98. The van der Waals surface area contributed by atoms with Crippen LogP contribution in [0.2, 0.25) is 0 Å². The zero-order valence-electron chi connectivity index (χ0n) is 15.7. The molecule has 2 aromatic rings. The second-order valence-corrected chi connectivity index (χ2v) is 7.84. The molecule has 0 fully saturated rings. The van der Waals surface area contributed by atoms with Crippen LogP contribution in [0, 0.1) is 5.82 Å². The molecule has 29 heavy (non-hydrogen) atoms. The van der Waals surface area contributed by atoms with Crippen molar-refractivity contribution in [2.45, 2.75) is 25.3 Å². The van der Waals surface area contributed by atoms with Gasteiger partial charge in [-0.1, -0.05) is 36.4 Å². The molecule has 2 heterocycles. The summed E-state index contributed by atoms with van der Waals surface area (Å²) in [7, 11) is 0. The smallest absolute Gasteiger partial charge is 0.271 e. The molecule has 0 radical (unpaired) electrons. The molecular formula is C20H17FN4O3S. The summed E-state index contributed by atoms with van der Waals surface area (Å²) in [5.41, 5.74) is 1.48. The van der Waals surface area contributed by atoms with Crippen molar-refractivity contribution in [2.75, 3.05) is 4.90 Å². The van der Waals surface area contributed by atoms with Crippen LogP contribution in [0.1, 0.15) is 25.0 Å². The minimum absolute atomic E-state index is 0.00600. The van der Waals surface area contributed by atoms with Gasteiger partial charge in [-0.2, -0.15) is 5.01 Å². The molecule has 1 N–H and O–H groups in total. The molecule has 0 saturated heterocycles. The van der Waals surface area contributed by atoms with Crippen LogP contribution in [0.25, 0.3) is 0 Å². The fraction of sp³-hybridized carbons (Fsp3) is 0.200. The van der Waals surface area contributed by atoms with E-state index in [0.29, 0.717) is 16.8 Å². The molecule has 2 aromatic carbocycles. The number of carbonyl (C=O) groups is 3. The molecule has 0 aromatic heterocycles. The molecule has 148 valence electrons. The van der Waals surface area contributed by atoms with Gasteiger partial charge >= 0.3 is 0 Å². The van der Waals surface area contributed by atoms with Crippen molar-refractivity contribution in [3.8, 4) is 0 Å². The number of nitrogens with one attached hydrogen (secondary N) is 1. The Morgan fingerprint density at radius 2 is 1.83 bits per heavy atom. The number of para-hydroxylation sites is 1. The Morgan fingerprint density at radius 3 is 2.52 bits per heavy atom. The molecule has 0 saturated carbocycles. The van der Waals surface area contributed by atoms with Gasteiger partial charge in [0.15, 0.2) is 5.17 Å². The predicted octanol–water partition coefficient (Wildman–Crippen LogP) is 2.53. The lowest BCUT2D eigenvalue weighted by Gasteiger charge is -2.29. The van der Waals surface area contributed by atoms with Crippen LogP contribution in [-0.2, 0) is 25.8 Å².